The minimum Gasteiger partial charge on any atom is -0.389 e. The van der Waals surface area contributed by atoms with Gasteiger partial charge in [0, 0.05) is 12.6 Å². The molecule has 1 aromatic carbocycles. The van der Waals surface area contributed by atoms with E-state index in [0.717, 1.165) is 32.5 Å². The Hall–Kier alpha value is -0.940. The monoisotopic (exact) mass is 276 g/mol. The number of aliphatic hydroxyl groups excluding tert-OH is 1. The average Bonchev–Trinajstić information content (AvgIpc) is 2.88. The minimum absolute atomic E-state index is 0.126. The lowest BCUT2D eigenvalue weighted by Crippen LogP contribution is -2.49. The Morgan fingerprint density at radius 3 is 2.55 bits per heavy atom. The Morgan fingerprint density at radius 1 is 1.15 bits per heavy atom. The average molecular weight is 276 g/mol. The summed E-state index contributed by atoms with van der Waals surface area (Å²) in [7, 11) is 0. The van der Waals surface area contributed by atoms with Gasteiger partial charge in [0.25, 0.3) is 0 Å². The van der Waals surface area contributed by atoms with Crippen LogP contribution in [-0.4, -0.2) is 54.5 Å². The van der Waals surface area contributed by atoms with Gasteiger partial charge in [0.05, 0.1) is 25.4 Å². The molecule has 2 atom stereocenters. The van der Waals surface area contributed by atoms with E-state index in [0.29, 0.717) is 19.3 Å². The fourth-order valence-corrected chi connectivity index (χ4v) is 3.10. The largest absolute Gasteiger partial charge is 0.389 e. The number of rotatable bonds is 4. The van der Waals surface area contributed by atoms with Crippen LogP contribution in [0, 0.1) is 0 Å². The molecule has 4 nitrogen and oxygen atoms in total. The lowest BCUT2D eigenvalue weighted by molar-refractivity contribution is 0.117. The van der Waals surface area contributed by atoms with Crippen LogP contribution in [0.2, 0.25) is 0 Å². The minimum atomic E-state index is -0.336. The van der Waals surface area contributed by atoms with Gasteiger partial charge >= 0.3 is 0 Å². The van der Waals surface area contributed by atoms with Gasteiger partial charge in [-0.2, -0.15) is 0 Å². The van der Waals surface area contributed by atoms with Crippen molar-refractivity contribution in [1.29, 1.82) is 0 Å². The first-order chi connectivity index (χ1) is 9.81. The van der Waals surface area contributed by atoms with Gasteiger partial charge < -0.3 is 15.2 Å². The maximum atomic E-state index is 9.77. The van der Waals surface area contributed by atoms with Crippen LogP contribution in [0.5, 0.6) is 0 Å². The molecule has 2 aliphatic heterocycles. The van der Waals surface area contributed by atoms with Gasteiger partial charge in [-0.25, -0.2) is 0 Å². The fraction of sp³-hybridized carbons (Fsp3) is 0.625. The quantitative estimate of drug-likeness (QED) is 0.861. The van der Waals surface area contributed by atoms with Gasteiger partial charge in [0.1, 0.15) is 0 Å². The first kappa shape index (κ1) is 14.0. The summed E-state index contributed by atoms with van der Waals surface area (Å²) < 4.78 is 5.29. The Bertz CT molecular complexity index is 404. The van der Waals surface area contributed by atoms with E-state index in [1.54, 1.807) is 0 Å². The van der Waals surface area contributed by atoms with Crippen LogP contribution in [0.4, 0.5) is 0 Å². The Morgan fingerprint density at radius 2 is 1.90 bits per heavy atom. The second-order valence-corrected chi connectivity index (χ2v) is 5.91. The first-order valence-corrected chi connectivity index (χ1v) is 7.59. The SMILES string of the molecule is O[C@@H]1COC[C@H]1NC1CCN(Cc2ccccc2)CC1. The van der Waals surface area contributed by atoms with Gasteiger partial charge in [0.2, 0.25) is 0 Å². The molecule has 2 N–H and O–H groups in total. The molecule has 0 unspecified atom stereocenters. The molecule has 0 saturated carbocycles. The fourth-order valence-electron chi connectivity index (χ4n) is 3.10. The smallest absolute Gasteiger partial charge is 0.0948 e. The van der Waals surface area contributed by atoms with E-state index in [-0.39, 0.29) is 12.1 Å². The van der Waals surface area contributed by atoms with Crippen molar-refractivity contribution in [2.24, 2.45) is 0 Å². The van der Waals surface area contributed by atoms with Gasteiger partial charge in [-0.1, -0.05) is 30.3 Å². The predicted octanol–water partition coefficient (Wildman–Crippen LogP) is 1.00. The molecule has 3 rings (SSSR count). The molecule has 1 aromatic rings. The van der Waals surface area contributed by atoms with Crippen LogP contribution in [0.1, 0.15) is 18.4 Å². The van der Waals surface area contributed by atoms with Crippen molar-refractivity contribution in [2.45, 2.75) is 37.6 Å². The molecule has 20 heavy (non-hydrogen) atoms. The van der Waals surface area contributed by atoms with Crippen LogP contribution >= 0.6 is 0 Å². The molecule has 2 fully saturated rings. The number of piperidine rings is 1. The van der Waals surface area contributed by atoms with Crippen LogP contribution in [0.15, 0.2) is 30.3 Å². The third kappa shape index (κ3) is 3.58. The molecule has 110 valence electrons. The molecule has 0 amide bonds. The third-order valence-corrected chi connectivity index (χ3v) is 4.34. The van der Waals surface area contributed by atoms with E-state index < -0.39 is 0 Å². The lowest BCUT2D eigenvalue weighted by Gasteiger charge is -2.34. The Balaban J connectivity index is 1.43. The van der Waals surface area contributed by atoms with Gasteiger partial charge in [0.15, 0.2) is 0 Å². The van der Waals surface area contributed by atoms with Crippen molar-refractivity contribution in [3.05, 3.63) is 35.9 Å². The molecule has 0 bridgehead atoms. The summed E-state index contributed by atoms with van der Waals surface area (Å²) in [4.78, 5) is 2.51. The summed E-state index contributed by atoms with van der Waals surface area (Å²) in [6.07, 6.45) is 1.96. The van der Waals surface area contributed by atoms with Crippen molar-refractivity contribution in [3.63, 3.8) is 0 Å². The van der Waals surface area contributed by atoms with Crippen molar-refractivity contribution >= 4 is 0 Å². The molecular weight excluding hydrogens is 252 g/mol. The summed E-state index contributed by atoms with van der Waals surface area (Å²) in [6.45, 7) is 4.41. The summed E-state index contributed by atoms with van der Waals surface area (Å²) in [5.41, 5.74) is 1.39. The molecule has 0 aromatic heterocycles. The summed E-state index contributed by atoms with van der Waals surface area (Å²) in [6, 6.07) is 11.3. The van der Waals surface area contributed by atoms with E-state index in [4.69, 9.17) is 4.74 Å². The van der Waals surface area contributed by atoms with Crippen molar-refractivity contribution in [1.82, 2.24) is 10.2 Å². The Labute approximate surface area is 120 Å². The predicted molar refractivity (Wildman–Crippen MR) is 78.5 cm³/mol. The van der Waals surface area contributed by atoms with E-state index in [1.807, 2.05) is 0 Å². The standard InChI is InChI=1S/C16H24N2O2/c19-16-12-20-11-15(16)17-14-6-8-18(9-7-14)10-13-4-2-1-3-5-13/h1-5,14-17,19H,6-12H2/t15-,16-/m1/s1. The number of ether oxygens (including phenoxy) is 1. The maximum Gasteiger partial charge on any atom is 0.0948 e. The molecule has 0 spiro atoms. The maximum absolute atomic E-state index is 9.77. The molecule has 2 saturated heterocycles. The van der Waals surface area contributed by atoms with Gasteiger partial charge in [-0.3, -0.25) is 4.90 Å². The van der Waals surface area contributed by atoms with E-state index in [2.05, 4.69) is 40.5 Å². The van der Waals surface area contributed by atoms with Crippen molar-refractivity contribution in [2.75, 3.05) is 26.3 Å². The number of benzene rings is 1. The molecule has 2 aliphatic rings. The van der Waals surface area contributed by atoms with Crippen molar-refractivity contribution < 1.29 is 9.84 Å². The molecule has 0 radical (unpaired) electrons. The van der Waals surface area contributed by atoms with E-state index >= 15 is 0 Å². The second-order valence-electron chi connectivity index (χ2n) is 5.91. The normalized spacial score (nSPS) is 28.9. The number of hydrogen-bond acceptors (Lipinski definition) is 4. The number of likely N-dealkylation sites (tertiary alicyclic amines) is 1. The number of hydrogen-bond donors (Lipinski definition) is 2. The highest BCUT2D eigenvalue weighted by molar-refractivity contribution is 5.14. The highest BCUT2D eigenvalue weighted by Crippen LogP contribution is 2.16. The summed E-state index contributed by atoms with van der Waals surface area (Å²) >= 11 is 0. The van der Waals surface area contributed by atoms with Crippen LogP contribution < -0.4 is 5.32 Å². The Kier molecular flexibility index (Phi) is 4.68. The van der Waals surface area contributed by atoms with Gasteiger partial charge in [-0.15, -0.1) is 0 Å². The first-order valence-electron chi connectivity index (χ1n) is 7.59. The zero-order chi connectivity index (χ0) is 13.8. The number of aliphatic hydroxyl groups is 1. The summed E-state index contributed by atoms with van der Waals surface area (Å²) in [5.74, 6) is 0. The zero-order valence-corrected chi connectivity index (χ0v) is 11.9. The van der Waals surface area contributed by atoms with Gasteiger partial charge in [-0.05, 0) is 31.5 Å². The zero-order valence-electron chi connectivity index (χ0n) is 11.9. The third-order valence-electron chi connectivity index (χ3n) is 4.34. The second kappa shape index (κ2) is 6.68. The topological polar surface area (TPSA) is 44.7 Å². The van der Waals surface area contributed by atoms with Crippen molar-refractivity contribution in [3.8, 4) is 0 Å². The highest BCUT2D eigenvalue weighted by atomic mass is 16.5. The number of nitrogens with zero attached hydrogens (tertiary/aromatic N) is 1. The number of nitrogens with one attached hydrogen (secondary N) is 1. The highest BCUT2D eigenvalue weighted by Gasteiger charge is 2.29. The van der Waals surface area contributed by atoms with Crippen LogP contribution in [0.3, 0.4) is 0 Å². The van der Waals surface area contributed by atoms with E-state index in [1.165, 1.54) is 5.56 Å². The molecule has 0 aliphatic carbocycles. The molecule has 4 heteroatoms. The van der Waals surface area contributed by atoms with Crippen LogP contribution in [-0.2, 0) is 11.3 Å². The summed E-state index contributed by atoms with van der Waals surface area (Å²) in [5, 5.41) is 13.3. The van der Waals surface area contributed by atoms with E-state index in [9.17, 15) is 5.11 Å². The molecular formula is C16H24N2O2. The van der Waals surface area contributed by atoms with Crippen LogP contribution in [0.25, 0.3) is 0 Å². The molecule has 2 heterocycles. The lowest BCUT2D eigenvalue weighted by atomic mass is 10.0.